The number of hydrogen-bond donors (Lipinski definition) is 0. The lowest BCUT2D eigenvalue weighted by Crippen LogP contribution is -2.34. The Balaban J connectivity index is 2.02. The quantitative estimate of drug-likeness (QED) is 0.575. The van der Waals surface area contributed by atoms with Crippen molar-refractivity contribution in [3.8, 4) is 0 Å². The average molecular weight is 144 g/mol. The van der Waals surface area contributed by atoms with Gasteiger partial charge in [-0.05, 0) is 6.92 Å². The number of hydrogen-bond acceptors (Lipinski definition) is 3. The minimum atomic E-state index is 0.747. The molecule has 1 aliphatic heterocycles. The van der Waals surface area contributed by atoms with Crippen molar-refractivity contribution in [3.63, 3.8) is 0 Å². The second-order valence-corrected chi connectivity index (χ2v) is 2.21. The van der Waals surface area contributed by atoms with E-state index >= 15 is 0 Å². The van der Waals surface area contributed by atoms with E-state index in [4.69, 9.17) is 9.47 Å². The van der Waals surface area contributed by atoms with Crippen LogP contribution in [0.25, 0.3) is 0 Å². The molecule has 0 aromatic rings. The summed E-state index contributed by atoms with van der Waals surface area (Å²) in [5.74, 6) is 0. The molecule has 3 nitrogen and oxygen atoms in total. The van der Waals surface area contributed by atoms with Crippen LogP contribution in [0.15, 0.2) is 0 Å². The summed E-state index contributed by atoms with van der Waals surface area (Å²) in [4.78, 5) is 2.13. The Morgan fingerprint density at radius 3 is 2.80 bits per heavy atom. The van der Waals surface area contributed by atoms with Crippen molar-refractivity contribution in [2.24, 2.45) is 0 Å². The molecule has 10 heavy (non-hydrogen) atoms. The van der Waals surface area contributed by atoms with E-state index in [9.17, 15) is 0 Å². The van der Waals surface area contributed by atoms with E-state index in [1.807, 2.05) is 6.92 Å². The van der Waals surface area contributed by atoms with Crippen LogP contribution < -0.4 is 0 Å². The molecule has 1 heterocycles. The van der Waals surface area contributed by atoms with Crippen molar-refractivity contribution < 1.29 is 9.47 Å². The Morgan fingerprint density at radius 2 is 2.20 bits per heavy atom. The van der Waals surface area contributed by atoms with Crippen LogP contribution in [0, 0.1) is 6.73 Å². The number of nitrogens with zero attached hydrogens (tertiary/aromatic N) is 1. The third-order valence-electron chi connectivity index (χ3n) is 1.44. The molecule has 0 aromatic heterocycles. The maximum Gasteiger partial charge on any atom is 0.150 e. The van der Waals surface area contributed by atoms with Crippen LogP contribution in [0.2, 0.25) is 0 Å². The number of morpholine rings is 1. The standard InChI is InChI=1S/C7H14NO2/c1-2-9-7-8-3-5-10-6-4-8/h7H,2-6H2,1H3. The summed E-state index contributed by atoms with van der Waals surface area (Å²) in [5, 5.41) is 0. The van der Waals surface area contributed by atoms with Gasteiger partial charge in [-0.1, -0.05) is 0 Å². The summed E-state index contributed by atoms with van der Waals surface area (Å²) in [6.07, 6.45) is 0. The average Bonchev–Trinajstić information content (AvgIpc) is 2.03. The third-order valence-corrected chi connectivity index (χ3v) is 1.44. The first kappa shape index (κ1) is 7.98. The first-order valence-corrected chi connectivity index (χ1v) is 3.70. The topological polar surface area (TPSA) is 21.7 Å². The summed E-state index contributed by atoms with van der Waals surface area (Å²) in [6.45, 7) is 8.09. The fourth-order valence-corrected chi connectivity index (χ4v) is 0.863. The molecular weight excluding hydrogens is 130 g/mol. The van der Waals surface area contributed by atoms with Crippen molar-refractivity contribution in [2.75, 3.05) is 32.9 Å². The Hall–Kier alpha value is -0.120. The zero-order valence-corrected chi connectivity index (χ0v) is 6.38. The smallest absolute Gasteiger partial charge is 0.150 e. The van der Waals surface area contributed by atoms with Crippen molar-refractivity contribution in [1.82, 2.24) is 4.90 Å². The van der Waals surface area contributed by atoms with Crippen molar-refractivity contribution in [2.45, 2.75) is 6.92 Å². The van der Waals surface area contributed by atoms with Gasteiger partial charge in [-0.15, -0.1) is 0 Å². The molecule has 1 saturated heterocycles. The molecule has 0 bridgehead atoms. The monoisotopic (exact) mass is 144 g/mol. The van der Waals surface area contributed by atoms with E-state index in [-0.39, 0.29) is 0 Å². The Morgan fingerprint density at radius 1 is 1.50 bits per heavy atom. The highest BCUT2D eigenvalue weighted by atomic mass is 16.5. The molecule has 0 atom stereocenters. The first-order chi connectivity index (χ1) is 4.93. The van der Waals surface area contributed by atoms with Crippen LogP contribution in [-0.2, 0) is 9.47 Å². The number of rotatable bonds is 3. The van der Waals surface area contributed by atoms with Gasteiger partial charge < -0.3 is 9.47 Å². The van der Waals surface area contributed by atoms with E-state index in [1.165, 1.54) is 0 Å². The fraction of sp³-hybridized carbons (Fsp3) is 0.857. The molecule has 1 fully saturated rings. The summed E-state index contributed by atoms with van der Waals surface area (Å²) >= 11 is 0. The molecule has 0 spiro atoms. The Labute approximate surface area is 61.9 Å². The molecule has 59 valence electrons. The molecule has 1 rings (SSSR count). The van der Waals surface area contributed by atoms with Gasteiger partial charge in [0, 0.05) is 19.7 Å². The van der Waals surface area contributed by atoms with Gasteiger partial charge in [0.25, 0.3) is 0 Å². The van der Waals surface area contributed by atoms with Gasteiger partial charge in [0.15, 0.2) is 6.73 Å². The predicted molar refractivity (Wildman–Crippen MR) is 38.3 cm³/mol. The third kappa shape index (κ3) is 2.64. The van der Waals surface area contributed by atoms with Crippen LogP contribution in [0.4, 0.5) is 0 Å². The normalized spacial score (nSPS) is 21.3. The maximum absolute atomic E-state index is 5.16. The lowest BCUT2D eigenvalue weighted by molar-refractivity contribution is 0.0100. The van der Waals surface area contributed by atoms with E-state index in [1.54, 1.807) is 6.73 Å². The molecule has 0 saturated carbocycles. The highest BCUT2D eigenvalue weighted by Gasteiger charge is 2.09. The molecule has 0 unspecified atom stereocenters. The van der Waals surface area contributed by atoms with E-state index in [2.05, 4.69) is 4.90 Å². The lowest BCUT2D eigenvalue weighted by Gasteiger charge is -2.24. The SMILES string of the molecule is CCO[CH]N1CCOCC1. The largest absolute Gasteiger partial charge is 0.379 e. The second kappa shape index (κ2) is 4.66. The molecule has 0 N–H and O–H groups in total. The highest BCUT2D eigenvalue weighted by molar-refractivity contribution is 4.63. The maximum atomic E-state index is 5.16. The molecule has 0 aromatic carbocycles. The Bertz CT molecular complexity index is 81.7. The predicted octanol–water partition coefficient (Wildman–Crippen LogP) is 0.474. The van der Waals surface area contributed by atoms with Crippen molar-refractivity contribution >= 4 is 0 Å². The molecule has 1 aliphatic rings. The molecular formula is C7H14NO2. The second-order valence-electron chi connectivity index (χ2n) is 2.21. The molecule has 1 radical (unpaired) electrons. The van der Waals surface area contributed by atoms with Gasteiger partial charge in [-0.2, -0.15) is 0 Å². The summed E-state index contributed by atoms with van der Waals surface area (Å²) < 4.78 is 10.3. The van der Waals surface area contributed by atoms with Gasteiger partial charge >= 0.3 is 0 Å². The van der Waals surface area contributed by atoms with Gasteiger partial charge in [0.05, 0.1) is 13.2 Å². The van der Waals surface area contributed by atoms with E-state index in [0.29, 0.717) is 0 Å². The minimum Gasteiger partial charge on any atom is -0.379 e. The van der Waals surface area contributed by atoms with Crippen LogP contribution in [0.3, 0.4) is 0 Å². The van der Waals surface area contributed by atoms with Crippen LogP contribution in [-0.4, -0.2) is 37.8 Å². The van der Waals surface area contributed by atoms with Crippen LogP contribution >= 0.6 is 0 Å². The lowest BCUT2D eigenvalue weighted by atomic mass is 10.5. The van der Waals surface area contributed by atoms with Gasteiger partial charge in [-0.3, -0.25) is 4.90 Å². The van der Waals surface area contributed by atoms with Crippen molar-refractivity contribution in [3.05, 3.63) is 6.73 Å². The highest BCUT2D eigenvalue weighted by Crippen LogP contribution is 1.99. The molecule has 0 amide bonds. The Kier molecular flexibility index (Phi) is 3.72. The van der Waals surface area contributed by atoms with Crippen LogP contribution in [0.5, 0.6) is 0 Å². The fourth-order valence-electron chi connectivity index (χ4n) is 0.863. The first-order valence-electron chi connectivity index (χ1n) is 3.70. The number of ether oxygens (including phenoxy) is 2. The van der Waals surface area contributed by atoms with E-state index in [0.717, 1.165) is 32.9 Å². The van der Waals surface area contributed by atoms with Gasteiger partial charge in [0.2, 0.25) is 0 Å². The molecule has 0 aliphatic carbocycles. The van der Waals surface area contributed by atoms with Crippen molar-refractivity contribution in [1.29, 1.82) is 0 Å². The summed E-state index contributed by atoms with van der Waals surface area (Å²) in [7, 11) is 0. The van der Waals surface area contributed by atoms with E-state index < -0.39 is 0 Å². The summed E-state index contributed by atoms with van der Waals surface area (Å²) in [5.41, 5.74) is 0. The summed E-state index contributed by atoms with van der Waals surface area (Å²) in [6, 6.07) is 0. The minimum absolute atomic E-state index is 0.747. The van der Waals surface area contributed by atoms with Crippen LogP contribution in [0.1, 0.15) is 6.92 Å². The zero-order valence-electron chi connectivity index (χ0n) is 6.38. The van der Waals surface area contributed by atoms with Gasteiger partial charge in [0.1, 0.15) is 0 Å². The molecule has 3 heteroatoms. The van der Waals surface area contributed by atoms with Gasteiger partial charge in [-0.25, -0.2) is 0 Å². The zero-order chi connectivity index (χ0) is 7.23.